The average molecular weight is 207 g/mol. The zero-order valence-electron chi connectivity index (χ0n) is 9.18. The van der Waals surface area contributed by atoms with Crippen molar-refractivity contribution in [2.24, 2.45) is 11.8 Å². The Labute approximate surface area is 87.8 Å². The van der Waals surface area contributed by atoms with Crippen LogP contribution in [0.15, 0.2) is 0 Å². The maximum Gasteiger partial charge on any atom is 0.0468 e. The number of rotatable bonds is 8. The Morgan fingerprint density at radius 3 is 2.23 bits per heavy atom. The van der Waals surface area contributed by atoms with Crippen LogP contribution < -0.4 is 0 Å². The van der Waals surface area contributed by atoms with Gasteiger partial charge >= 0.3 is 0 Å². The lowest BCUT2D eigenvalue weighted by Crippen LogP contribution is -2.11. The maximum absolute atomic E-state index is 5.69. The number of halogens is 1. The van der Waals surface area contributed by atoms with E-state index in [1.54, 1.807) is 0 Å². The van der Waals surface area contributed by atoms with Crippen LogP contribution in [0.2, 0.25) is 0 Å². The van der Waals surface area contributed by atoms with Gasteiger partial charge in [0.1, 0.15) is 0 Å². The van der Waals surface area contributed by atoms with Crippen molar-refractivity contribution in [1.82, 2.24) is 0 Å². The molecule has 0 rings (SSSR count). The van der Waals surface area contributed by atoms with Crippen molar-refractivity contribution in [2.75, 3.05) is 19.1 Å². The van der Waals surface area contributed by atoms with Gasteiger partial charge in [-0.15, -0.1) is 11.6 Å². The summed E-state index contributed by atoms with van der Waals surface area (Å²) in [4.78, 5) is 0. The third-order valence-electron chi connectivity index (χ3n) is 2.60. The standard InChI is InChI=1S/C11H23ClO/c1-4-8-13-9-6-11(3)10(2)5-7-12/h10-11H,4-9H2,1-3H3. The summed E-state index contributed by atoms with van der Waals surface area (Å²) in [6.45, 7) is 8.50. The second-order valence-corrected chi connectivity index (χ2v) is 4.21. The first kappa shape index (κ1) is 13.2. The van der Waals surface area contributed by atoms with E-state index in [0.29, 0.717) is 0 Å². The molecule has 0 saturated carbocycles. The molecule has 2 unspecified atom stereocenters. The highest BCUT2D eigenvalue weighted by Crippen LogP contribution is 2.18. The Hall–Kier alpha value is 0.250. The second-order valence-electron chi connectivity index (χ2n) is 3.83. The molecule has 0 saturated heterocycles. The van der Waals surface area contributed by atoms with Gasteiger partial charge in [-0.25, -0.2) is 0 Å². The zero-order valence-corrected chi connectivity index (χ0v) is 9.94. The molecular weight excluding hydrogens is 184 g/mol. The zero-order chi connectivity index (χ0) is 10.1. The fraction of sp³-hybridized carbons (Fsp3) is 1.00. The van der Waals surface area contributed by atoms with Crippen molar-refractivity contribution < 1.29 is 4.74 Å². The van der Waals surface area contributed by atoms with Gasteiger partial charge < -0.3 is 4.74 Å². The fourth-order valence-electron chi connectivity index (χ4n) is 1.26. The van der Waals surface area contributed by atoms with E-state index in [2.05, 4.69) is 20.8 Å². The van der Waals surface area contributed by atoms with Crippen molar-refractivity contribution in [1.29, 1.82) is 0 Å². The van der Waals surface area contributed by atoms with Gasteiger partial charge in [0, 0.05) is 19.1 Å². The quantitative estimate of drug-likeness (QED) is 0.435. The van der Waals surface area contributed by atoms with Crippen LogP contribution in [0, 0.1) is 11.8 Å². The van der Waals surface area contributed by atoms with Gasteiger partial charge in [-0.1, -0.05) is 20.8 Å². The van der Waals surface area contributed by atoms with E-state index in [9.17, 15) is 0 Å². The Bertz CT molecular complexity index is 106. The number of alkyl halides is 1. The first-order chi connectivity index (χ1) is 6.22. The maximum atomic E-state index is 5.69. The monoisotopic (exact) mass is 206 g/mol. The first-order valence-corrected chi connectivity index (χ1v) is 5.89. The SMILES string of the molecule is CCCOCCC(C)C(C)CCCl. The molecule has 0 heterocycles. The van der Waals surface area contributed by atoms with Gasteiger partial charge in [-0.2, -0.15) is 0 Å². The molecular formula is C11H23ClO. The summed E-state index contributed by atoms with van der Waals surface area (Å²) < 4.78 is 5.45. The van der Waals surface area contributed by atoms with Gasteiger partial charge in [0.2, 0.25) is 0 Å². The molecule has 0 bridgehead atoms. The minimum atomic E-state index is 0.725. The molecule has 80 valence electrons. The average Bonchev–Trinajstić information content (AvgIpc) is 2.12. The molecule has 13 heavy (non-hydrogen) atoms. The summed E-state index contributed by atoms with van der Waals surface area (Å²) in [5.74, 6) is 2.24. The highest BCUT2D eigenvalue weighted by molar-refractivity contribution is 6.17. The van der Waals surface area contributed by atoms with Crippen molar-refractivity contribution in [3.8, 4) is 0 Å². The molecule has 0 aromatic rings. The third-order valence-corrected chi connectivity index (χ3v) is 2.82. The van der Waals surface area contributed by atoms with Crippen LogP contribution in [0.1, 0.15) is 40.0 Å². The molecule has 0 amide bonds. The van der Waals surface area contributed by atoms with Crippen LogP contribution in [0.25, 0.3) is 0 Å². The van der Waals surface area contributed by atoms with E-state index in [1.165, 1.54) is 0 Å². The van der Waals surface area contributed by atoms with E-state index in [4.69, 9.17) is 16.3 Å². The van der Waals surface area contributed by atoms with E-state index in [-0.39, 0.29) is 0 Å². The van der Waals surface area contributed by atoms with E-state index in [0.717, 1.165) is 50.2 Å². The molecule has 0 fully saturated rings. The molecule has 0 spiro atoms. The Kier molecular flexibility index (Phi) is 9.00. The highest BCUT2D eigenvalue weighted by atomic mass is 35.5. The van der Waals surface area contributed by atoms with E-state index >= 15 is 0 Å². The fourth-order valence-corrected chi connectivity index (χ4v) is 1.60. The van der Waals surface area contributed by atoms with E-state index in [1.807, 2.05) is 0 Å². The lowest BCUT2D eigenvalue weighted by molar-refractivity contribution is 0.115. The van der Waals surface area contributed by atoms with Crippen LogP contribution in [-0.2, 0) is 4.74 Å². The van der Waals surface area contributed by atoms with Gasteiger partial charge in [0.25, 0.3) is 0 Å². The second kappa shape index (κ2) is 8.83. The smallest absolute Gasteiger partial charge is 0.0468 e. The largest absolute Gasteiger partial charge is 0.381 e. The minimum absolute atomic E-state index is 0.725. The molecule has 2 atom stereocenters. The first-order valence-electron chi connectivity index (χ1n) is 5.36. The summed E-state index contributed by atoms with van der Waals surface area (Å²) in [6.07, 6.45) is 3.40. The predicted molar refractivity (Wildman–Crippen MR) is 59.4 cm³/mol. The Morgan fingerprint density at radius 1 is 1.08 bits per heavy atom. The molecule has 0 aliphatic heterocycles. The number of ether oxygens (including phenoxy) is 1. The molecule has 0 N–H and O–H groups in total. The lowest BCUT2D eigenvalue weighted by atomic mass is 9.91. The molecule has 0 aliphatic carbocycles. The molecule has 1 nitrogen and oxygen atoms in total. The van der Waals surface area contributed by atoms with E-state index < -0.39 is 0 Å². The summed E-state index contributed by atoms with van der Waals surface area (Å²) >= 11 is 5.69. The molecule has 0 radical (unpaired) electrons. The molecule has 0 aliphatic rings. The van der Waals surface area contributed by atoms with Crippen LogP contribution in [0.5, 0.6) is 0 Å². The van der Waals surface area contributed by atoms with Gasteiger partial charge in [-0.05, 0) is 31.1 Å². The van der Waals surface area contributed by atoms with Crippen LogP contribution >= 0.6 is 11.6 Å². The predicted octanol–water partition coefficient (Wildman–Crippen LogP) is 3.70. The molecule has 0 aromatic heterocycles. The Morgan fingerprint density at radius 2 is 1.69 bits per heavy atom. The van der Waals surface area contributed by atoms with Crippen molar-refractivity contribution in [3.63, 3.8) is 0 Å². The number of hydrogen-bond acceptors (Lipinski definition) is 1. The highest BCUT2D eigenvalue weighted by Gasteiger charge is 2.10. The third kappa shape index (κ3) is 7.33. The summed E-state index contributed by atoms with van der Waals surface area (Å²) in [7, 11) is 0. The van der Waals surface area contributed by atoms with Crippen LogP contribution in [0.3, 0.4) is 0 Å². The molecule has 2 heteroatoms. The summed E-state index contributed by atoms with van der Waals surface area (Å²) in [5, 5.41) is 0. The minimum Gasteiger partial charge on any atom is -0.381 e. The van der Waals surface area contributed by atoms with Crippen LogP contribution in [0.4, 0.5) is 0 Å². The van der Waals surface area contributed by atoms with Crippen LogP contribution in [-0.4, -0.2) is 19.1 Å². The molecule has 0 aromatic carbocycles. The topological polar surface area (TPSA) is 9.23 Å². The number of hydrogen-bond donors (Lipinski definition) is 0. The van der Waals surface area contributed by atoms with Crippen molar-refractivity contribution in [3.05, 3.63) is 0 Å². The normalized spacial score (nSPS) is 15.7. The van der Waals surface area contributed by atoms with Crippen molar-refractivity contribution in [2.45, 2.75) is 40.0 Å². The summed E-state index contributed by atoms with van der Waals surface area (Å²) in [6, 6.07) is 0. The van der Waals surface area contributed by atoms with Gasteiger partial charge in [0.15, 0.2) is 0 Å². The van der Waals surface area contributed by atoms with Crippen molar-refractivity contribution >= 4 is 11.6 Å². The van der Waals surface area contributed by atoms with Gasteiger partial charge in [0.05, 0.1) is 0 Å². The lowest BCUT2D eigenvalue weighted by Gasteiger charge is -2.18. The summed E-state index contributed by atoms with van der Waals surface area (Å²) in [5.41, 5.74) is 0. The van der Waals surface area contributed by atoms with Gasteiger partial charge in [-0.3, -0.25) is 0 Å². The Balaban J connectivity index is 3.32.